The molecule has 0 fully saturated rings. The third-order valence-electron chi connectivity index (χ3n) is 3.81. The number of imide groups is 1. The number of nitrogens with zero attached hydrogens (tertiary/aromatic N) is 1. The van der Waals surface area contributed by atoms with Crippen molar-refractivity contribution in [3.05, 3.63) is 59.7 Å². The minimum atomic E-state index is -0.354. The van der Waals surface area contributed by atoms with E-state index in [1.165, 1.54) is 0 Å². The SMILES string of the molecule is COc1ccc(NC(=O)CCN2C(=O)c3ccccc3C2=O)cc1. The van der Waals surface area contributed by atoms with Crippen LogP contribution in [0.25, 0.3) is 0 Å². The molecule has 0 aromatic heterocycles. The lowest BCUT2D eigenvalue weighted by atomic mass is 10.1. The topological polar surface area (TPSA) is 75.7 Å². The fourth-order valence-corrected chi connectivity index (χ4v) is 2.55. The Balaban J connectivity index is 1.59. The monoisotopic (exact) mass is 324 g/mol. The van der Waals surface area contributed by atoms with Gasteiger partial charge in [0.15, 0.2) is 0 Å². The second-order valence-corrected chi connectivity index (χ2v) is 5.33. The van der Waals surface area contributed by atoms with Crippen molar-refractivity contribution in [2.75, 3.05) is 19.0 Å². The van der Waals surface area contributed by atoms with Crippen molar-refractivity contribution in [2.24, 2.45) is 0 Å². The van der Waals surface area contributed by atoms with E-state index < -0.39 is 0 Å². The number of rotatable bonds is 5. The molecule has 0 spiro atoms. The van der Waals surface area contributed by atoms with Crippen molar-refractivity contribution in [3.8, 4) is 5.75 Å². The van der Waals surface area contributed by atoms with Gasteiger partial charge < -0.3 is 10.1 Å². The van der Waals surface area contributed by atoms with Gasteiger partial charge in [0.25, 0.3) is 11.8 Å². The van der Waals surface area contributed by atoms with Crippen molar-refractivity contribution >= 4 is 23.4 Å². The Labute approximate surface area is 139 Å². The summed E-state index contributed by atoms with van der Waals surface area (Å²) in [4.78, 5) is 37.5. The molecule has 0 radical (unpaired) electrons. The molecule has 2 aromatic carbocycles. The first-order valence-electron chi connectivity index (χ1n) is 7.49. The Hall–Kier alpha value is -3.15. The van der Waals surface area contributed by atoms with Gasteiger partial charge in [-0.05, 0) is 36.4 Å². The minimum absolute atomic E-state index is 0.0392. The molecule has 0 bridgehead atoms. The number of carbonyl (C=O) groups is 3. The lowest BCUT2D eigenvalue weighted by Crippen LogP contribution is -2.32. The average molecular weight is 324 g/mol. The maximum Gasteiger partial charge on any atom is 0.261 e. The Bertz CT molecular complexity index is 764. The third kappa shape index (κ3) is 2.99. The maximum absolute atomic E-state index is 12.2. The Morgan fingerprint density at radius 1 is 1.00 bits per heavy atom. The van der Waals surface area contributed by atoms with E-state index in [0.29, 0.717) is 22.6 Å². The molecule has 0 saturated heterocycles. The van der Waals surface area contributed by atoms with E-state index in [-0.39, 0.29) is 30.7 Å². The number of fused-ring (bicyclic) bond motifs is 1. The van der Waals surface area contributed by atoms with Gasteiger partial charge in [-0.3, -0.25) is 19.3 Å². The number of ether oxygens (including phenoxy) is 1. The van der Waals surface area contributed by atoms with Crippen LogP contribution in [-0.2, 0) is 4.79 Å². The highest BCUT2D eigenvalue weighted by molar-refractivity contribution is 6.21. The summed E-state index contributed by atoms with van der Waals surface area (Å²) in [6, 6.07) is 13.6. The highest BCUT2D eigenvalue weighted by atomic mass is 16.5. The fraction of sp³-hybridized carbons (Fsp3) is 0.167. The van der Waals surface area contributed by atoms with E-state index in [9.17, 15) is 14.4 Å². The molecule has 6 nitrogen and oxygen atoms in total. The van der Waals surface area contributed by atoms with Crippen LogP contribution in [0, 0.1) is 0 Å². The highest BCUT2D eigenvalue weighted by Crippen LogP contribution is 2.22. The molecule has 1 aliphatic heterocycles. The number of amides is 3. The number of benzene rings is 2. The molecule has 0 atom stereocenters. The zero-order chi connectivity index (χ0) is 17.1. The summed E-state index contributed by atoms with van der Waals surface area (Å²) in [6.45, 7) is 0.0499. The molecule has 0 unspecified atom stereocenters. The Kier molecular flexibility index (Phi) is 4.29. The molecule has 3 rings (SSSR count). The van der Waals surface area contributed by atoms with Crippen LogP contribution in [0.3, 0.4) is 0 Å². The van der Waals surface area contributed by atoms with E-state index >= 15 is 0 Å². The predicted molar refractivity (Wildman–Crippen MR) is 88.0 cm³/mol. The van der Waals surface area contributed by atoms with Crippen molar-refractivity contribution < 1.29 is 19.1 Å². The number of nitrogens with one attached hydrogen (secondary N) is 1. The Morgan fingerprint density at radius 2 is 1.58 bits per heavy atom. The van der Waals surface area contributed by atoms with Crippen LogP contribution in [0.5, 0.6) is 5.75 Å². The molecule has 2 aromatic rings. The number of carbonyl (C=O) groups excluding carboxylic acids is 3. The third-order valence-corrected chi connectivity index (χ3v) is 3.81. The highest BCUT2D eigenvalue weighted by Gasteiger charge is 2.34. The Morgan fingerprint density at radius 3 is 2.12 bits per heavy atom. The van der Waals surface area contributed by atoms with Crippen molar-refractivity contribution in [1.82, 2.24) is 4.90 Å². The average Bonchev–Trinajstić information content (AvgIpc) is 2.85. The predicted octanol–water partition coefficient (Wildman–Crippen LogP) is 2.32. The van der Waals surface area contributed by atoms with Crippen LogP contribution in [-0.4, -0.2) is 36.3 Å². The molecule has 1 heterocycles. The number of methoxy groups -OCH3 is 1. The number of hydrogen-bond donors (Lipinski definition) is 1. The van der Waals surface area contributed by atoms with Gasteiger partial charge in [-0.1, -0.05) is 12.1 Å². The van der Waals surface area contributed by atoms with E-state index in [0.717, 1.165) is 4.90 Å². The summed E-state index contributed by atoms with van der Waals surface area (Å²) < 4.78 is 5.05. The second kappa shape index (κ2) is 6.54. The summed E-state index contributed by atoms with van der Waals surface area (Å²) in [7, 11) is 1.57. The molecular formula is C18H16N2O4. The summed E-state index contributed by atoms with van der Waals surface area (Å²) in [5, 5.41) is 2.72. The van der Waals surface area contributed by atoms with Gasteiger partial charge in [-0.15, -0.1) is 0 Å². The second-order valence-electron chi connectivity index (χ2n) is 5.33. The lowest BCUT2D eigenvalue weighted by Gasteiger charge is -2.13. The molecule has 122 valence electrons. The molecular weight excluding hydrogens is 308 g/mol. The van der Waals surface area contributed by atoms with Crippen LogP contribution >= 0.6 is 0 Å². The van der Waals surface area contributed by atoms with Crippen LogP contribution in [0.4, 0.5) is 5.69 Å². The minimum Gasteiger partial charge on any atom is -0.497 e. The molecule has 6 heteroatoms. The summed E-state index contributed by atoms with van der Waals surface area (Å²) >= 11 is 0. The molecule has 1 aliphatic rings. The van der Waals surface area contributed by atoms with Crippen molar-refractivity contribution in [1.29, 1.82) is 0 Å². The van der Waals surface area contributed by atoms with E-state index in [1.54, 1.807) is 55.6 Å². The van der Waals surface area contributed by atoms with Gasteiger partial charge in [-0.2, -0.15) is 0 Å². The van der Waals surface area contributed by atoms with Crippen LogP contribution in [0.15, 0.2) is 48.5 Å². The smallest absolute Gasteiger partial charge is 0.261 e. The van der Waals surface area contributed by atoms with Gasteiger partial charge in [0, 0.05) is 18.7 Å². The first kappa shape index (κ1) is 15.7. The molecule has 1 N–H and O–H groups in total. The molecule has 0 aliphatic carbocycles. The van der Waals surface area contributed by atoms with Crippen LogP contribution in [0.1, 0.15) is 27.1 Å². The molecule has 24 heavy (non-hydrogen) atoms. The lowest BCUT2D eigenvalue weighted by molar-refractivity contribution is -0.116. The van der Waals surface area contributed by atoms with Crippen LogP contribution < -0.4 is 10.1 Å². The van der Waals surface area contributed by atoms with Crippen molar-refractivity contribution in [2.45, 2.75) is 6.42 Å². The van der Waals surface area contributed by atoms with Gasteiger partial charge in [-0.25, -0.2) is 0 Å². The number of hydrogen-bond acceptors (Lipinski definition) is 4. The maximum atomic E-state index is 12.2. The van der Waals surface area contributed by atoms with E-state index in [2.05, 4.69) is 5.32 Å². The zero-order valence-electron chi connectivity index (χ0n) is 13.1. The van der Waals surface area contributed by atoms with E-state index in [4.69, 9.17) is 4.74 Å². The largest absolute Gasteiger partial charge is 0.497 e. The van der Waals surface area contributed by atoms with Crippen LogP contribution in [0.2, 0.25) is 0 Å². The normalized spacial score (nSPS) is 13.0. The van der Waals surface area contributed by atoms with Gasteiger partial charge in [0.05, 0.1) is 18.2 Å². The van der Waals surface area contributed by atoms with Gasteiger partial charge in [0.1, 0.15) is 5.75 Å². The van der Waals surface area contributed by atoms with Gasteiger partial charge >= 0.3 is 0 Å². The van der Waals surface area contributed by atoms with E-state index in [1.807, 2.05) is 0 Å². The fourth-order valence-electron chi connectivity index (χ4n) is 2.55. The first-order valence-corrected chi connectivity index (χ1v) is 7.49. The quantitative estimate of drug-likeness (QED) is 0.857. The van der Waals surface area contributed by atoms with Crippen molar-refractivity contribution in [3.63, 3.8) is 0 Å². The molecule has 3 amide bonds. The summed E-state index contributed by atoms with van der Waals surface area (Å²) in [5.41, 5.74) is 1.40. The first-order chi connectivity index (χ1) is 11.6. The zero-order valence-corrected chi connectivity index (χ0v) is 13.1. The summed E-state index contributed by atoms with van der Waals surface area (Å²) in [6.07, 6.45) is 0.0392. The summed E-state index contributed by atoms with van der Waals surface area (Å²) in [5.74, 6) is -0.281. The van der Waals surface area contributed by atoms with Gasteiger partial charge in [0.2, 0.25) is 5.91 Å². The standard InChI is InChI=1S/C18H16N2O4/c1-24-13-8-6-12(7-9-13)19-16(21)10-11-20-17(22)14-4-2-3-5-15(14)18(20)23/h2-9H,10-11H2,1H3,(H,19,21). The number of anilines is 1. The molecule has 0 saturated carbocycles.